The zero-order valence-corrected chi connectivity index (χ0v) is 14.1. The average Bonchev–Trinajstić information content (AvgIpc) is 2.53. The second-order valence-corrected chi connectivity index (χ2v) is 6.69. The standard InChI is InChI=1S/C20H28N2/c1-13(2)15-5-9-17(10-6-15)19(21)20(22)18-11-7-16(8-12-18)14(3)4/h5-14,19-20H,21-22H2,1-4H3. The minimum Gasteiger partial charge on any atom is -0.322 e. The van der Waals surface area contributed by atoms with Crippen LogP contribution < -0.4 is 11.5 Å². The molecule has 0 saturated heterocycles. The Kier molecular flexibility index (Phi) is 5.38. The third kappa shape index (κ3) is 3.76. The molecule has 2 rings (SSSR count). The van der Waals surface area contributed by atoms with Crippen molar-refractivity contribution in [2.45, 2.75) is 51.6 Å². The molecule has 2 aromatic carbocycles. The number of hydrogen-bond donors (Lipinski definition) is 2. The summed E-state index contributed by atoms with van der Waals surface area (Å²) in [5.74, 6) is 1.06. The lowest BCUT2D eigenvalue weighted by Gasteiger charge is -2.22. The molecular weight excluding hydrogens is 268 g/mol. The number of hydrogen-bond acceptors (Lipinski definition) is 2. The van der Waals surface area contributed by atoms with Gasteiger partial charge in [0.05, 0.1) is 0 Å². The van der Waals surface area contributed by atoms with Gasteiger partial charge >= 0.3 is 0 Å². The fourth-order valence-corrected chi connectivity index (χ4v) is 2.62. The Morgan fingerprint density at radius 1 is 0.500 bits per heavy atom. The Bertz CT molecular complexity index is 527. The van der Waals surface area contributed by atoms with E-state index in [1.165, 1.54) is 11.1 Å². The summed E-state index contributed by atoms with van der Waals surface area (Å²) in [5.41, 5.74) is 17.6. The van der Waals surface area contributed by atoms with Crippen molar-refractivity contribution in [3.63, 3.8) is 0 Å². The van der Waals surface area contributed by atoms with E-state index in [4.69, 9.17) is 11.5 Å². The highest BCUT2D eigenvalue weighted by Gasteiger charge is 2.17. The molecule has 118 valence electrons. The smallest absolute Gasteiger partial charge is 0.0491 e. The maximum Gasteiger partial charge on any atom is 0.0491 e. The van der Waals surface area contributed by atoms with Crippen LogP contribution in [0.3, 0.4) is 0 Å². The highest BCUT2D eigenvalue weighted by Crippen LogP contribution is 2.27. The van der Waals surface area contributed by atoms with E-state index in [0.717, 1.165) is 11.1 Å². The van der Waals surface area contributed by atoms with Gasteiger partial charge in [0.2, 0.25) is 0 Å². The lowest BCUT2D eigenvalue weighted by atomic mass is 9.91. The molecule has 2 aromatic rings. The Balaban J connectivity index is 2.15. The molecule has 0 aliphatic rings. The Labute approximate surface area is 134 Å². The van der Waals surface area contributed by atoms with Crippen LogP contribution in [-0.2, 0) is 0 Å². The molecular formula is C20H28N2. The van der Waals surface area contributed by atoms with E-state index in [2.05, 4.69) is 76.2 Å². The molecule has 22 heavy (non-hydrogen) atoms. The van der Waals surface area contributed by atoms with Crippen LogP contribution in [-0.4, -0.2) is 0 Å². The van der Waals surface area contributed by atoms with E-state index in [-0.39, 0.29) is 12.1 Å². The van der Waals surface area contributed by atoms with Crippen LogP contribution in [0.1, 0.15) is 73.9 Å². The Morgan fingerprint density at radius 3 is 0.955 bits per heavy atom. The molecule has 0 fully saturated rings. The molecule has 0 aliphatic carbocycles. The second kappa shape index (κ2) is 7.08. The largest absolute Gasteiger partial charge is 0.322 e. The van der Waals surface area contributed by atoms with Crippen LogP contribution in [0.5, 0.6) is 0 Å². The molecule has 2 nitrogen and oxygen atoms in total. The van der Waals surface area contributed by atoms with Crippen molar-refractivity contribution in [3.05, 3.63) is 70.8 Å². The first-order valence-electron chi connectivity index (χ1n) is 8.11. The van der Waals surface area contributed by atoms with Crippen molar-refractivity contribution >= 4 is 0 Å². The van der Waals surface area contributed by atoms with E-state index in [1.807, 2.05) is 0 Å². The minimum atomic E-state index is -0.189. The van der Waals surface area contributed by atoms with Gasteiger partial charge < -0.3 is 11.5 Å². The molecule has 0 saturated carbocycles. The summed E-state index contributed by atoms with van der Waals surface area (Å²) in [6, 6.07) is 16.6. The van der Waals surface area contributed by atoms with Crippen molar-refractivity contribution in [1.29, 1.82) is 0 Å². The van der Waals surface area contributed by atoms with Gasteiger partial charge in [-0.25, -0.2) is 0 Å². The van der Waals surface area contributed by atoms with Crippen molar-refractivity contribution in [3.8, 4) is 0 Å². The van der Waals surface area contributed by atoms with E-state index in [1.54, 1.807) is 0 Å². The normalized spacial score (nSPS) is 14.4. The van der Waals surface area contributed by atoms with Gasteiger partial charge in [-0.3, -0.25) is 0 Å². The van der Waals surface area contributed by atoms with Gasteiger partial charge in [-0.05, 0) is 34.1 Å². The Hall–Kier alpha value is -1.64. The van der Waals surface area contributed by atoms with E-state index in [9.17, 15) is 0 Å². The van der Waals surface area contributed by atoms with Crippen LogP contribution in [0.4, 0.5) is 0 Å². The third-order valence-corrected chi connectivity index (χ3v) is 4.36. The summed E-state index contributed by atoms with van der Waals surface area (Å²) in [7, 11) is 0. The maximum atomic E-state index is 6.37. The summed E-state index contributed by atoms with van der Waals surface area (Å²) in [6.45, 7) is 8.77. The topological polar surface area (TPSA) is 52.0 Å². The van der Waals surface area contributed by atoms with Gasteiger partial charge in [-0.2, -0.15) is 0 Å². The quantitative estimate of drug-likeness (QED) is 0.845. The molecule has 0 aromatic heterocycles. The number of rotatable bonds is 5. The van der Waals surface area contributed by atoms with Crippen molar-refractivity contribution in [2.75, 3.05) is 0 Å². The van der Waals surface area contributed by atoms with Gasteiger partial charge in [-0.15, -0.1) is 0 Å². The molecule has 4 N–H and O–H groups in total. The molecule has 0 bridgehead atoms. The van der Waals surface area contributed by atoms with Crippen molar-refractivity contribution < 1.29 is 0 Å². The van der Waals surface area contributed by atoms with Crippen LogP contribution in [0, 0.1) is 0 Å². The lowest BCUT2D eigenvalue weighted by Crippen LogP contribution is -2.26. The first-order valence-corrected chi connectivity index (χ1v) is 8.11. The Morgan fingerprint density at radius 2 is 0.727 bits per heavy atom. The number of nitrogens with two attached hydrogens (primary N) is 2. The summed E-state index contributed by atoms with van der Waals surface area (Å²) in [6.07, 6.45) is 0. The molecule has 2 heteroatoms. The van der Waals surface area contributed by atoms with Gasteiger partial charge in [-0.1, -0.05) is 76.2 Å². The number of benzene rings is 2. The first-order chi connectivity index (χ1) is 10.4. The monoisotopic (exact) mass is 296 g/mol. The third-order valence-electron chi connectivity index (χ3n) is 4.36. The summed E-state index contributed by atoms with van der Waals surface area (Å²) in [4.78, 5) is 0. The van der Waals surface area contributed by atoms with Crippen LogP contribution in [0.2, 0.25) is 0 Å². The summed E-state index contributed by atoms with van der Waals surface area (Å²) >= 11 is 0. The fourth-order valence-electron chi connectivity index (χ4n) is 2.62. The minimum absolute atomic E-state index is 0.189. The van der Waals surface area contributed by atoms with Crippen molar-refractivity contribution in [1.82, 2.24) is 0 Å². The molecule has 2 unspecified atom stereocenters. The van der Waals surface area contributed by atoms with E-state index >= 15 is 0 Å². The van der Waals surface area contributed by atoms with Crippen molar-refractivity contribution in [2.24, 2.45) is 11.5 Å². The van der Waals surface area contributed by atoms with Gasteiger partial charge in [0.1, 0.15) is 0 Å². The summed E-state index contributed by atoms with van der Waals surface area (Å²) < 4.78 is 0. The van der Waals surface area contributed by atoms with Gasteiger partial charge in [0.15, 0.2) is 0 Å². The highest BCUT2D eigenvalue weighted by molar-refractivity contribution is 5.32. The summed E-state index contributed by atoms with van der Waals surface area (Å²) in [5, 5.41) is 0. The lowest BCUT2D eigenvalue weighted by molar-refractivity contribution is 0.574. The predicted octanol–water partition coefficient (Wildman–Crippen LogP) is 4.63. The average molecular weight is 296 g/mol. The second-order valence-electron chi connectivity index (χ2n) is 6.69. The van der Waals surface area contributed by atoms with Crippen LogP contribution in [0.15, 0.2) is 48.5 Å². The van der Waals surface area contributed by atoms with Crippen LogP contribution >= 0.6 is 0 Å². The molecule has 0 amide bonds. The maximum absolute atomic E-state index is 6.37. The zero-order chi connectivity index (χ0) is 16.3. The fraction of sp³-hybridized carbons (Fsp3) is 0.400. The predicted molar refractivity (Wildman–Crippen MR) is 94.9 cm³/mol. The van der Waals surface area contributed by atoms with Gasteiger partial charge in [0.25, 0.3) is 0 Å². The molecule has 0 heterocycles. The van der Waals surface area contributed by atoms with Gasteiger partial charge in [0, 0.05) is 12.1 Å². The van der Waals surface area contributed by atoms with E-state index < -0.39 is 0 Å². The molecule has 0 radical (unpaired) electrons. The molecule has 0 spiro atoms. The first kappa shape index (κ1) is 16.7. The SMILES string of the molecule is CC(C)c1ccc(C(N)C(N)c2ccc(C(C)C)cc2)cc1. The van der Waals surface area contributed by atoms with Crippen LogP contribution in [0.25, 0.3) is 0 Å². The van der Waals surface area contributed by atoms with E-state index in [0.29, 0.717) is 11.8 Å². The molecule has 0 aliphatic heterocycles. The highest BCUT2D eigenvalue weighted by atomic mass is 14.8. The molecule has 2 atom stereocenters. The zero-order valence-electron chi connectivity index (χ0n) is 14.1.